The van der Waals surface area contributed by atoms with Gasteiger partial charge in [0.05, 0.1) is 0 Å². The summed E-state index contributed by atoms with van der Waals surface area (Å²) in [6.45, 7) is 4.60. The number of rotatable bonds is 4. The Hall–Kier alpha value is -1.19. The van der Waals surface area contributed by atoms with Crippen molar-refractivity contribution in [2.45, 2.75) is 33.6 Å². The average Bonchev–Trinajstić information content (AvgIpc) is 2.04. The minimum atomic E-state index is -0.796. The van der Waals surface area contributed by atoms with E-state index in [4.69, 9.17) is 0 Å². The second kappa shape index (κ2) is 5.45. The molecule has 4 nitrogen and oxygen atoms in total. The Bertz CT molecular complexity index is 220. The lowest BCUT2D eigenvalue weighted by atomic mass is 10.0. The van der Waals surface area contributed by atoms with Crippen molar-refractivity contribution < 1.29 is 19.1 Å². The number of hydrogen-bond acceptors (Lipinski definition) is 4. The summed E-state index contributed by atoms with van der Waals surface area (Å²) in [6.07, 6.45) is 0.505. The molecule has 0 spiro atoms. The molecule has 4 heteroatoms. The Balaban J connectivity index is 4.22. The van der Waals surface area contributed by atoms with Gasteiger partial charge in [0.1, 0.15) is 11.7 Å². The normalized spacial score (nSPS) is 11.9. The zero-order valence-electron chi connectivity index (χ0n) is 8.12. The van der Waals surface area contributed by atoms with Crippen LogP contribution in [0.5, 0.6) is 0 Å². The first-order chi connectivity index (χ1) is 6.02. The number of esters is 2. The van der Waals surface area contributed by atoms with Crippen molar-refractivity contribution in [3.05, 3.63) is 0 Å². The van der Waals surface area contributed by atoms with E-state index in [2.05, 4.69) is 4.74 Å². The fraction of sp³-hybridized carbons (Fsp3) is 0.667. The third-order valence-electron chi connectivity index (χ3n) is 1.69. The molecule has 0 N–H and O–H groups in total. The Morgan fingerprint density at radius 1 is 1.23 bits per heavy atom. The van der Waals surface area contributed by atoms with Crippen LogP contribution in [-0.4, -0.2) is 17.7 Å². The molecule has 0 amide bonds. The third kappa shape index (κ3) is 3.83. The van der Waals surface area contributed by atoms with Gasteiger partial charge >= 0.3 is 11.9 Å². The van der Waals surface area contributed by atoms with E-state index in [1.807, 2.05) is 0 Å². The van der Waals surface area contributed by atoms with Crippen LogP contribution in [0.15, 0.2) is 0 Å². The molecule has 1 atom stereocenters. The minimum Gasteiger partial charge on any atom is -0.393 e. The molecule has 0 rings (SSSR count). The summed E-state index contributed by atoms with van der Waals surface area (Å²) < 4.78 is 4.42. The smallest absolute Gasteiger partial charge is 0.324 e. The second-order valence-electron chi connectivity index (χ2n) is 2.72. The SMILES string of the molecule is CCC(=O)OC(=O)C(CC)C(C)=O. The molecule has 0 aliphatic heterocycles. The lowest BCUT2D eigenvalue weighted by Gasteiger charge is -2.08. The largest absolute Gasteiger partial charge is 0.393 e. The highest BCUT2D eigenvalue weighted by Crippen LogP contribution is 2.07. The van der Waals surface area contributed by atoms with Gasteiger partial charge < -0.3 is 4.74 Å². The molecule has 0 saturated carbocycles. The number of carbonyl (C=O) groups is 3. The van der Waals surface area contributed by atoms with Crippen LogP contribution in [0.4, 0.5) is 0 Å². The highest BCUT2D eigenvalue weighted by Gasteiger charge is 2.24. The van der Waals surface area contributed by atoms with Gasteiger partial charge in [0.15, 0.2) is 0 Å². The van der Waals surface area contributed by atoms with Gasteiger partial charge in [0, 0.05) is 6.42 Å². The topological polar surface area (TPSA) is 60.4 Å². The Morgan fingerprint density at radius 2 is 1.77 bits per heavy atom. The number of hydrogen-bond donors (Lipinski definition) is 0. The Kier molecular flexibility index (Phi) is 4.96. The summed E-state index contributed by atoms with van der Waals surface area (Å²) >= 11 is 0. The van der Waals surface area contributed by atoms with E-state index in [9.17, 15) is 14.4 Å². The Morgan fingerprint density at radius 3 is 2.08 bits per heavy atom. The van der Waals surface area contributed by atoms with Crippen LogP contribution in [-0.2, 0) is 19.1 Å². The standard InChI is InChI=1S/C9H14O4/c1-4-7(6(3)10)9(12)13-8(11)5-2/h7H,4-5H2,1-3H3. The van der Waals surface area contributed by atoms with Gasteiger partial charge in [0.25, 0.3) is 0 Å². The predicted octanol–water partition coefficient (Wildman–Crippen LogP) is 1.08. The van der Waals surface area contributed by atoms with Crippen molar-refractivity contribution in [1.29, 1.82) is 0 Å². The van der Waals surface area contributed by atoms with E-state index in [1.165, 1.54) is 6.92 Å². The lowest BCUT2D eigenvalue weighted by Crippen LogP contribution is -2.25. The van der Waals surface area contributed by atoms with Crippen LogP contribution >= 0.6 is 0 Å². The summed E-state index contributed by atoms with van der Waals surface area (Å²) in [5, 5.41) is 0. The van der Waals surface area contributed by atoms with Gasteiger partial charge in [-0.25, -0.2) is 0 Å². The average molecular weight is 186 g/mol. The zero-order valence-corrected chi connectivity index (χ0v) is 8.12. The molecule has 0 radical (unpaired) electrons. The monoisotopic (exact) mass is 186 g/mol. The molecule has 0 aliphatic carbocycles. The molecule has 0 aliphatic rings. The van der Waals surface area contributed by atoms with Gasteiger partial charge in [-0.15, -0.1) is 0 Å². The van der Waals surface area contributed by atoms with Gasteiger partial charge in [-0.05, 0) is 13.3 Å². The molecule has 0 bridgehead atoms. The maximum atomic E-state index is 11.1. The van der Waals surface area contributed by atoms with Gasteiger partial charge in [-0.2, -0.15) is 0 Å². The van der Waals surface area contributed by atoms with Crippen molar-refractivity contribution in [2.75, 3.05) is 0 Å². The van der Waals surface area contributed by atoms with Gasteiger partial charge in [-0.3, -0.25) is 14.4 Å². The van der Waals surface area contributed by atoms with E-state index in [0.717, 1.165) is 0 Å². The van der Waals surface area contributed by atoms with E-state index < -0.39 is 17.9 Å². The number of Topliss-reactive ketones (excluding diaryl/α,β-unsaturated/α-hetero) is 1. The number of ether oxygens (including phenoxy) is 1. The van der Waals surface area contributed by atoms with E-state index in [0.29, 0.717) is 6.42 Å². The molecule has 0 heterocycles. The summed E-state index contributed by atoms with van der Waals surface area (Å²) in [5.74, 6) is -2.39. The van der Waals surface area contributed by atoms with E-state index >= 15 is 0 Å². The molecule has 0 saturated heterocycles. The first kappa shape index (κ1) is 11.8. The number of ketones is 1. The lowest BCUT2D eigenvalue weighted by molar-refractivity contribution is -0.163. The molecule has 13 heavy (non-hydrogen) atoms. The van der Waals surface area contributed by atoms with Crippen LogP contribution in [0.2, 0.25) is 0 Å². The summed E-state index contributed by atoms with van der Waals surface area (Å²) in [6, 6.07) is 0. The van der Waals surface area contributed by atoms with Crippen molar-refractivity contribution in [3.63, 3.8) is 0 Å². The zero-order chi connectivity index (χ0) is 10.4. The fourth-order valence-electron chi connectivity index (χ4n) is 0.876. The van der Waals surface area contributed by atoms with Gasteiger partial charge in [-0.1, -0.05) is 13.8 Å². The predicted molar refractivity (Wildman–Crippen MR) is 45.9 cm³/mol. The summed E-state index contributed by atoms with van der Waals surface area (Å²) in [5.41, 5.74) is 0. The summed E-state index contributed by atoms with van der Waals surface area (Å²) in [7, 11) is 0. The van der Waals surface area contributed by atoms with Crippen LogP contribution in [0.1, 0.15) is 33.6 Å². The first-order valence-corrected chi connectivity index (χ1v) is 4.27. The van der Waals surface area contributed by atoms with Gasteiger partial charge in [0.2, 0.25) is 0 Å². The third-order valence-corrected chi connectivity index (χ3v) is 1.69. The first-order valence-electron chi connectivity index (χ1n) is 4.27. The van der Waals surface area contributed by atoms with Crippen molar-refractivity contribution in [1.82, 2.24) is 0 Å². The maximum Gasteiger partial charge on any atom is 0.324 e. The highest BCUT2D eigenvalue weighted by atomic mass is 16.6. The number of carbonyl (C=O) groups excluding carboxylic acids is 3. The maximum absolute atomic E-state index is 11.1. The highest BCUT2D eigenvalue weighted by molar-refractivity contribution is 6.01. The quantitative estimate of drug-likeness (QED) is 0.487. The molecular formula is C9H14O4. The minimum absolute atomic E-state index is 0.139. The molecule has 0 aromatic carbocycles. The molecule has 1 unspecified atom stereocenters. The van der Waals surface area contributed by atoms with Crippen LogP contribution in [0.25, 0.3) is 0 Å². The van der Waals surface area contributed by atoms with Crippen molar-refractivity contribution in [3.8, 4) is 0 Å². The molecule has 0 fully saturated rings. The van der Waals surface area contributed by atoms with Crippen LogP contribution in [0.3, 0.4) is 0 Å². The van der Waals surface area contributed by atoms with Crippen LogP contribution in [0, 0.1) is 5.92 Å². The van der Waals surface area contributed by atoms with Crippen LogP contribution < -0.4 is 0 Å². The van der Waals surface area contributed by atoms with Crippen molar-refractivity contribution in [2.24, 2.45) is 5.92 Å². The van der Waals surface area contributed by atoms with E-state index in [-0.39, 0.29) is 12.2 Å². The summed E-state index contributed by atoms with van der Waals surface area (Å²) in [4.78, 5) is 32.7. The molecule has 74 valence electrons. The second-order valence-corrected chi connectivity index (χ2v) is 2.72. The van der Waals surface area contributed by atoms with E-state index in [1.54, 1.807) is 13.8 Å². The molecular weight excluding hydrogens is 172 g/mol. The molecule has 0 aromatic rings. The fourth-order valence-corrected chi connectivity index (χ4v) is 0.876. The van der Waals surface area contributed by atoms with Crippen molar-refractivity contribution >= 4 is 17.7 Å². The Labute approximate surface area is 77.3 Å². The molecule has 0 aromatic heterocycles.